The molecular formula is C16H23NO3S2. The maximum atomic E-state index is 12.8. The molecule has 0 N–H and O–H groups in total. The number of hydrogen-bond donors (Lipinski definition) is 0. The van der Waals surface area contributed by atoms with Gasteiger partial charge in [-0.2, -0.15) is 11.8 Å². The largest absolute Gasteiger partial charge is 0.338 e. The molecule has 22 heavy (non-hydrogen) atoms. The zero-order valence-corrected chi connectivity index (χ0v) is 14.8. The molecule has 0 aromatic heterocycles. The Morgan fingerprint density at radius 2 is 2.05 bits per heavy atom. The van der Waals surface area contributed by atoms with Crippen molar-refractivity contribution in [2.45, 2.75) is 36.3 Å². The Bertz CT molecular complexity index is 628. The van der Waals surface area contributed by atoms with Gasteiger partial charge in [-0.3, -0.25) is 4.79 Å². The maximum absolute atomic E-state index is 12.8. The Balaban J connectivity index is 2.27. The number of nitrogens with zero attached hydrogens (tertiary/aromatic N) is 1. The van der Waals surface area contributed by atoms with Gasteiger partial charge in [0.15, 0.2) is 9.84 Å². The number of amides is 1. The maximum Gasteiger partial charge on any atom is 0.255 e. The highest BCUT2D eigenvalue weighted by molar-refractivity contribution is 7.99. The van der Waals surface area contributed by atoms with Gasteiger partial charge in [0.25, 0.3) is 5.91 Å². The first kappa shape index (κ1) is 17.3. The van der Waals surface area contributed by atoms with Crippen molar-refractivity contribution >= 4 is 27.5 Å². The molecule has 1 amide bonds. The highest BCUT2D eigenvalue weighted by atomic mass is 32.2. The molecule has 1 saturated heterocycles. The zero-order valence-electron chi connectivity index (χ0n) is 13.1. The van der Waals surface area contributed by atoms with E-state index in [9.17, 15) is 13.2 Å². The van der Waals surface area contributed by atoms with Crippen LogP contribution in [0.1, 0.15) is 36.5 Å². The van der Waals surface area contributed by atoms with E-state index in [1.165, 1.54) is 6.07 Å². The summed E-state index contributed by atoms with van der Waals surface area (Å²) >= 11 is 1.88. The van der Waals surface area contributed by atoms with E-state index < -0.39 is 9.84 Å². The van der Waals surface area contributed by atoms with Gasteiger partial charge < -0.3 is 4.90 Å². The van der Waals surface area contributed by atoms with Gasteiger partial charge in [-0.25, -0.2) is 8.42 Å². The molecular weight excluding hydrogens is 318 g/mol. The van der Waals surface area contributed by atoms with Crippen molar-refractivity contribution in [3.8, 4) is 0 Å². The van der Waals surface area contributed by atoms with Crippen LogP contribution in [0.5, 0.6) is 0 Å². The van der Waals surface area contributed by atoms with Gasteiger partial charge in [0.2, 0.25) is 0 Å². The van der Waals surface area contributed by atoms with Crippen LogP contribution < -0.4 is 0 Å². The first-order valence-electron chi connectivity index (χ1n) is 7.63. The van der Waals surface area contributed by atoms with E-state index in [0.29, 0.717) is 23.9 Å². The summed E-state index contributed by atoms with van der Waals surface area (Å²) < 4.78 is 23.8. The van der Waals surface area contributed by atoms with Gasteiger partial charge in [0, 0.05) is 24.6 Å². The van der Waals surface area contributed by atoms with Crippen molar-refractivity contribution in [3.05, 3.63) is 29.8 Å². The molecule has 1 fully saturated rings. The van der Waals surface area contributed by atoms with Crippen molar-refractivity contribution in [1.29, 1.82) is 0 Å². The number of carbonyl (C=O) groups is 1. The Hall–Kier alpha value is -1.01. The molecule has 6 heteroatoms. The molecule has 0 aliphatic carbocycles. The lowest BCUT2D eigenvalue weighted by Gasteiger charge is -2.25. The Morgan fingerprint density at radius 1 is 1.32 bits per heavy atom. The average molecular weight is 341 g/mol. The van der Waals surface area contributed by atoms with Gasteiger partial charge in [-0.05, 0) is 30.7 Å². The predicted molar refractivity (Wildman–Crippen MR) is 91.2 cm³/mol. The summed E-state index contributed by atoms with van der Waals surface area (Å²) in [6.45, 7) is 3.54. The monoisotopic (exact) mass is 341 g/mol. The highest BCUT2D eigenvalue weighted by Crippen LogP contribution is 2.24. The number of rotatable bonds is 4. The van der Waals surface area contributed by atoms with E-state index in [4.69, 9.17) is 0 Å². The minimum atomic E-state index is -3.40. The van der Waals surface area contributed by atoms with Gasteiger partial charge in [-0.1, -0.05) is 25.5 Å². The van der Waals surface area contributed by atoms with Crippen molar-refractivity contribution in [1.82, 2.24) is 4.90 Å². The van der Waals surface area contributed by atoms with Crippen LogP contribution >= 0.6 is 11.8 Å². The molecule has 0 radical (unpaired) electrons. The normalized spacial score (nSPS) is 19.7. The van der Waals surface area contributed by atoms with Crippen LogP contribution in [-0.2, 0) is 9.84 Å². The molecule has 1 aromatic carbocycles. The Morgan fingerprint density at radius 3 is 2.73 bits per heavy atom. The summed E-state index contributed by atoms with van der Waals surface area (Å²) in [6.07, 6.45) is 4.37. The molecule has 1 unspecified atom stereocenters. The number of likely N-dealkylation sites (tertiary alicyclic amines) is 1. The van der Waals surface area contributed by atoms with Crippen LogP contribution in [0.2, 0.25) is 0 Å². The summed E-state index contributed by atoms with van der Waals surface area (Å²) in [5.74, 6) is 0.872. The van der Waals surface area contributed by atoms with Crippen LogP contribution in [0, 0.1) is 0 Å². The SMILES string of the molecule is CCSC1CCCCN(C(=O)c2ccccc2S(C)(=O)=O)C1. The third-order valence-corrected chi connectivity index (χ3v) is 6.18. The zero-order chi connectivity index (χ0) is 16.2. The molecule has 0 bridgehead atoms. The molecule has 2 rings (SSSR count). The van der Waals surface area contributed by atoms with E-state index >= 15 is 0 Å². The second kappa shape index (κ2) is 7.51. The molecule has 1 aliphatic heterocycles. The second-order valence-corrected chi connectivity index (χ2v) is 9.15. The summed E-state index contributed by atoms with van der Waals surface area (Å²) in [4.78, 5) is 14.8. The van der Waals surface area contributed by atoms with Crippen molar-refractivity contribution in [2.75, 3.05) is 25.1 Å². The third kappa shape index (κ3) is 4.26. The van der Waals surface area contributed by atoms with Gasteiger partial charge >= 0.3 is 0 Å². The first-order valence-corrected chi connectivity index (χ1v) is 10.6. The molecule has 4 nitrogen and oxygen atoms in total. The Kier molecular flexibility index (Phi) is 5.92. The quantitative estimate of drug-likeness (QED) is 0.845. The van der Waals surface area contributed by atoms with Crippen LogP contribution in [-0.4, -0.2) is 49.6 Å². The van der Waals surface area contributed by atoms with E-state index in [1.807, 2.05) is 16.7 Å². The van der Waals surface area contributed by atoms with Crippen LogP contribution in [0.25, 0.3) is 0 Å². The Labute approximate surface area is 137 Å². The standard InChI is InChI=1S/C16H23NO3S2/c1-3-21-13-8-6-7-11-17(12-13)16(18)14-9-4-5-10-15(14)22(2,19)20/h4-5,9-10,13H,3,6-8,11-12H2,1-2H3. The molecule has 0 spiro atoms. The van der Waals surface area contributed by atoms with Crippen molar-refractivity contribution < 1.29 is 13.2 Å². The smallest absolute Gasteiger partial charge is 0.255 e. The summed E-state index contributed by atoms with van der Waals surface area (Å²) in [5, 5.41) is 0.446. The number of hydrogen-bond acceptors (Lipinski definition) is 4. The highest BCUT2D eigenvalue weighted by Gasteiger charge is 2.26. The van der Waals surface area contributed by atoms with Gasteiger partial charge in [0.05, 0.1) is 10.5 Å². The second-order valence-electron chi connectivity index (χ2n) is 5.59. The van der Waals surface area contributed by atoms with Crippen LogP contribution in [0.4, 0.5) is 0 Å². The minimum Gasteiger partial charge on any atom is -0.338 e. The van der Waals surface area contributed by atoms with Crippen molar-refractivity contribution in [3.63, 3.8) is 0 Å². The molecule has 1 aromatic rings. The lowest BCUT2D eigenvalue weighted by atomic mass is 10.2. The van der Waals surface area contributed by atoms with Crippen LogP contribution in [0.3, 0.4) is 0 Å². The summed E-state index contributed by atoms with van der Waals surface area (Å²) in [6, 6.07) is 6.51. The number of sulfone groups is 1. The summed E-state index contributed by atoms with van der Waals surface area (Å²) in [7, 11) is -3.40. The van der Waals surface area contributed by atoms with E-state index in [1.54, 1.807) is 18.2 Å². The predicted octanol–water partition coefficient (Wildman–Crippen LogP) is 2.84. The number of benzene rings is 1. The minimum absolute atomic E-state index is 0.129. The van der Waals surface area contributed by atoms with Gasteiger partial charge in [-0.15, -0.1) is 0 Å². The van der Waals surface area contributed by atoms with Crippen LogP contribution in [0.15, 0.2) is 29.2 Å². The van der Waals surface area contributed by atoms with E-state index in [2.05, 4.69) is 6.92 Å². The van der Waals surface area contributed by atoms with E-state index in [0.717, 1.165) is 31.3 Å². The fraction of sp³-hybridized carbons (Fsp3) is 0.562. The first-order chi connectivity index (χ1) is 10.4. The lowest BCUT2D eigenvalue weighted by molar-refractivity contribution is 0.0759. The molecule has 1 atom stereocenters. The lowest BCUT2D eigenvalue weighted by Crippen LogP contribution is -2.36. The average Bonchev–Trinajstić information content (AvgIpc) is 2.72. The number of thioether (sulfide) groups is 1. The molecule has 122 valence electrons. The molecule has 1 aliphatic rings. The third-order valence-electron chi connectivity index (χ3n) is 3.83. The molecule has 1 heterocycles. The fourth-order valence-electron chi connectivity index (χ4n) is 2.80. The molecule has 0 saturated carbocycles. The van der Waals surface area contributed by atoms with Crippen molar-refractivity contribution in [2.24, 2.45) is 0 Å². The summed E-state index contributed by atoms with van der Waals surface area (Å²) in [5.41, 5.74) is 0.298. The van der Waals surface area contributed by atoms with E-state index in [-0.39, 0.29) is 10.8 Å². The number of carbonyl (C=O) groups excluding carboxylic acids is 1. The van der Waals surface area contributed by atoms with Gasteiger partial charge in [0.1, 0.15) is 0 Å². The fourth-order valence-corrected chi connectivity index (χ4v) is 4.77. The topological polar surface area (TPSA) is 54.5 Å².